The lowest BCUT2D eigenvalue weighted by atomic mass is 10.2. The Morgan fingerprint density at radius 3 is 2.52 bits per heavy atom. The number of aromatic nitrogens is 2. The fourth-order valence-electron chi connectivity index (χ4n) is 2.68. The molecule has 1 saturated heterocycles. The van der Waals surface area contributed by atoms with Crippen molar-refractivity contribution in [3.8, 4) is 0 Å². The lowest BCUT2D eigenvalue weighted by Gasteiger charge is -2.33. The maximum atomic E-state index is 12.5. The minimum atomic E-state index is -0.0874. The summed E-state index contributed by atoms with van der Waals surface area (Å²) < 4.78 is 0. The van der Waals surface area contributed by atoms with E-state index in [1.54, 1.807) is 30.3 Å². The molecule has 1 amide bonds. The van der Waals surface area contributed by atoms with E-state index in [1.807, 2.05) is 4.90 Å². The molecule has 1 N–H and O–H groups in total. The van der Waals surface area contributed by atoms with Gasteiger partial charge < -0.3 is 15.1 Å². The van der Waals surface area contributed by atoms with E-state index in [0.29, 0.717) is 40.3 Å². The van der Waals surface area contributed by atoms with Crippen LogP contribution in [0.3, 0.4) is 0 Å². The molecule has 2 heterocycles. The van der Waals surface area contributed by atoms with Gasteiger partial charge in [0.25, 0.3) is 5.91 Å². The van der Waals surface area contributed by atoms with E-state index in [9.17, 15) is 4.79 Å². The number of hydrogen-bond donors (Lipinski definition) is 1. The number of halogens is 2. The van der Waals surface area contributed by atoms with Gasteiger partial charge >= 0.3 is 0 Å². The Balaban J connectivity index is 1.66. The summed E-state index contributed by atoms with van der Waals surface area (Å²) in [7, 11) is 0. The van der Waals surface area contributed by atoms with Gasteiger partial charge in [0.05, 0.1) is 15.7 Å². The van der Waals surface area contributed by atoms with Crippen molar-refractivity contribution in [2.75, 3.05) is 38.0 Å². The number of hydrogen-bond acceptors (Lipinski definition) is 5. The molecule has 0 spiro atoms. The van der Waals surface area contributed by atoms with Crippen LogP contribution in [0.5, 0.6) is 0 Å². The van der Waals surface area contributed by atoms with Crippen LogP contribution in [-0.4, -0.2) is 58.6 Å². The first-order chi connectivity index (χ1) is 12.1. The van der Waals surface area contributed by atoms with Crippen molar-refractivity contribution < 1.29 is 4.79 Å². The molecule has 3 rings (SSSR count). The number of rotatable bonds is 4. The van der Waals surface area contributed by atoms with Gasteiger partial charge in [-0.2, -0.15) is 0 Å². The van der Waals surface area contributed by atoms with E-state index < -0.39 is 0 Å². The molecule has 0 aliphatic carbocycles. The predicted molar refractivity (Wildman–Crippen MR) is 99.8 cm³/mol. The molecule has 0 atom stereocenters. The molecule has 8 heteroatoms. The number of benzene rings is 1. The second kappa shape index (κ2) is 7.99. The van der Waals surface area contributed by atoms with Crippen LogP contribution in [-0.2, 0) is 0 Å². The van der Waals surface area contributed by atoms with Gasteiger partial charge in [-0.3, -0.25) is 4.79 Å². The minimum Gasteiger partial charge on any atom is -0.337 e. The first kappa shape index (κ1) is 17.9. The molecule has 6 nitrogen and oxygen atoms in total. The third kappa shape index (κ3) is 4.21. The highest BCUT2D eigenvalue weighted by Gasteiger charge is 2.22. The third-order valence-electron chi connectivity index (χ3n) is 4.20. The zero-order valence-electron chi connectivity index (χ0n) is 13.9. The first-order valence-corrected chi connectivity index (χ1v) is 8.90. The third-order valence-corrected chi connectivity index (χ3v) is 5.02. The molecule has 0 saturated carbocycles. The molecule has 1 aliphatic heterocycles. The molecular formula is C17H19Cl2N5O. The molecule has 132 valence electrons. The van der Waals surface area contributed by atoms with Crippen molar-refractivity contribution in [2.24, 2.45) is 0 Å². The molecule has 1 aromatic heterocycles. The van der Waals surface area contributed by atoms with Gasteiger partial charge in [-0.05, 0) is 30.8 Å². The average Bonchev–Trinajstić information content (AvgIpc) is 2.65. The molecule has 25 heavy (non-hydrogen) atoms. The molecule has 2 aromatic rings. The Labute approximate surface area is 156 Å². The maximum absolute atomic E-state index is 12.5. The quantitative estimate of drug-likeness (QED) is 0.882. The van der Waals surface area contributed by atoms with E-state index >= 15 is 0 Å². The molecule has 0 unspecified atom stereocenters. The van der Waals surface area contributed by atoms with Crippen LogP contribution >= 0.6 is 23.2 Å². The van der Waals surface area contributed by atoms with Crippen molar-refractivity contribution in [2.45, 2.75) is 6.92 Å². The van der Waals surface area contributed by atoms with Crippen LogP contribution in [0.2, 0.25) is 10.0 Å². The Kier molecular flexibility index (Phi) is 5.73. The summed E-state index contributed by atoms with van der Waals surface area (Å²) in [5.74, 6) is 0.409. The molecular weight excluding hydrogens is 361 g/mol. The smallest absolute Gasteiger partial charge is 0.274 e. The molecule has 1 aromatic carbocycles. The van der Waals surface area contributed by atoms with Crippen molar-refractivity contribution in [1.82, 2.24) is 20.0 Å². The van der Waals surface area contributed by atoms with Gasteiger partial charge in [-0.1, -0.05) is 36.2 Å². The second-order valence-electron chi connectivity index (χ2n) is 5.76. The van der Waals surface area contributed by atoms with Crippen LogP contribution in [0.1, 0.15) is 17.4 Å². The Bertz CT molecular complexity index is 745. The van der Waals surface area contributed by atoms with Gasteiger partial charge in [-0.15, -0.1) is 10.2 Å². The van der Waals surface area contributed by atoms with Gasteiger partial charge in [0.2, 0.25) is 0 Å². The number of piperazine rings is 1. The van der Waals surface area contributed by atoms with E-state index in [-0.39, 0.29) is 5.91 Å². The predicted octanol–water partition coefficient (Wildman–Crippen LogP) is 3.30. The number of nitrogens with one attached hydrogen (secondary N) is 1. The minimum absolute atomic E-state index is 0.0874. The monoisotopic (exact) mass is 379 g/mol. The first-order valence-electron chi connectivity index (χ1n) is 8.15. The summed E-state index contributed by atoms with van der Waals surface area (Å²) in [6, 6.07) is 8.67. The number of carbonyl (C=O) groups is 1. The summed E-state index contributed by atoms with van der Waals surface area (Å²) in [5.41, 5.74) is 0.978. The van der Waals surface area contributed by atoms with Crippen LogP contribution in [0.15, 0.2) is 30.3 Å². The highest BCUT2D eigenvalue weighted by atomic mass is 35.5. The zero-order valence-corrected chi connectivity index (χ0v) is 15.4. The summed E-state index contributed by atoms with van der Waals surface area (Å²) in [6.07, 6.45) is 0. The lowest BCUT2D eigenvalue weighted by Crippen LogP contribution is -2.48. The second-order valence-corrected chi connectivity index (χ2v) is 6.54. The largest absolute Gasteiger partial charge is 0.337 e. The number of nitrogens with zero attached hydrogens (tertiary/aromatic N) is 4. The SMILES string of the molecule is CCN1CCN(C(=O)c2ccc(Nc3cccc(Cl)c3Cl)nn2)CC1. The van der Waals surface area contributed by atoms with Crippen LogP contribution < -0.4 is 5.32 Å². The highest BCUT2D eigenvalue weighted by molar-refractivity contribution is 6.43. The van der Waals surface area contributed by atoms with Crippen molar-refractivity contribution in [3.05, 3.63) is 46.1 Å². The van der Waals surface area contributed by atoms with E-state index in [0.717, 1.165) is 19.6 Å². The summed E-state index contributed by atoms with van der Waals surface area (Å²) in [4.78, 5) is 16.6. The fourth-order valence-corrected chi connectivity index (χ4v) is 3.03. The number of anilines is 2. The van der Waals surface area contributed by atoms with Gasteiger partial charge in [0.15, 0.2) is 11.5 Å². The highest BCUT2D eigenvalue weighted by Crippen LogP contribution is 2.31. The standard InChI is InChI=1S/C17H19Cl2N5O/c1-2-23-8-10-24(11-9-23)17(25)14-6-7-15(22-21-14)20-13-5-3-4-12(18)16(13)19/h3-7H,2,8-11H2,1H3,(H,20,22). The Morgan fingerprint density at radius 2 is 1.88 bits per heavy atom. The summed E-state index contributed by atoms with van der Waals surface area (Å²) in [6.45, 7) is 6.35. The van der Waals surface area contributed by atoms with E-state index in [4.69, 9.17) is 23.2 Å². The van der Waals surface area contributed by atoms with Crippen molar-refractivity contribution >= 4 is 40.6 Å². The average molecular weight is 380 g/mol. The van der Waals surface area contributed by atoms with Gasteiger partial charge in [0.1, 0.15) is 0 Å². The molecule has 0 radical (unpaired) electrons. The van der Waals surface area contributed by atoms with E-state index in [1.165, 1.54) is 0 Å². The maximum Gasteiger partial charge on any atom is 0.274 e. The Morgan fingerprint density at radius 1 is 1.12 bits per heavy atom. The topological polar surface area (TPSA) is 61.4 Å². The molecule has 1 aliphatic rings. The molecule has 1 fully saturated rings. The lowest BCUT2D eigenvalue weighted by molar-refractivity contribution is 0.0636. The fraction of sp³-hybridized carbons (Fsp3) is 0.353. The van der Waals surface area contributed by atoms with Crippen molar-refractivity contribution in [3.63, 3.8) is 0 Å². The zero-order chi connectivity index (χ0) is 17.8. The van der Waals surface area contributed by atoms with E-state index in [2.05, 4.69) is 27.3 Å². The number of likely N-dealkylation sites (N-methyl/N-ethyl adjacent to an activating group) is 1. The van der Waals surface area contributed by atoms with Gasteiger partial charge in [-0.25, -0.2) is 0 Å². The molecule has 0 bridgehead atoms. The van der Waals surface area contributed by atoms with Crippen LogP contribution in [0, 0.1) is 0 Å². The van der Waals surface area contributed by atoms with Gasteiger partial charge in [0, 0.05) is 26.2 Å². The normalized spacial score (nSPS) is 15.2. The number of carbonyl (C=O) groups excluding carboxylic acids is 1. The number of amides is 1. The Hall–Kier alpha value is -1.89. The van der Waals surface area contributed by atoms with Crippen LogP contribution in [0.4, 0.5) is 11.5 Å². The summed E-state index contributed by atoms with van der Waals surface area (Å²) in [5, 5.41) is 12.0. The summed E-state index contributed by atoms with van der Waals surface area (Å²) >= 11 is 12.1. The van der Waals surface area contributed by atoms with Crippen LogP contribution in [0.25, 0.3) is 0 Å². The van der Waals surface area contributed by atoms with Crippen molar-refractivity contribution in [1.29, 1.82) is 0 Å².